The molecule has 11 N–H and O–H groups in total. The Morgan fingerprint density at radius 1 is 0.974 bits per heavy atom. The number of hydrogen-bond acceptors (Lipinski definition) is 9. The number of carboxylic acids is 1. The van der Waals surface area contributed by atoms with E-state index in [2.05, 4.69) is 33.6 Å². The van der Waals surface area contributed by atoms with Crippen molar-refractivity contribution in [2.24, 2.45) is 22.2 Å². The van der Waals surface area contributed by atoms with Gasteiger partial charge in [0.25, 0.3) is 0 Å². The van der Waals surface area contributed by atoms with Crippen LogP contribution in [0.3, 0.4) is 0 Å². The summed E-state index contributed by atoms with van der Waals surface area (Å²) in [5, 5.41) is 26.5. The van der Waals surface area contributed by atoms with E-state index in [1.165, 1.54) is 23.9 Å². The summed E-state index contributed by atoms with van der Waals surface area (Å²) in [4.78, 5) is 54.0. The molecular formula is C23H37N7O6S2. The summed E-state index contributed by atoms with van der Waals surface area (Å²) < 4.78 is 0. The third-order valence-corrected chi connectivity index (χ3v) is 6.36. The van der Waals surface area contributed by atoms with Crippen LogP contribution in [0.1, 0.15) is 24.8 Å². The first-order chi connectivity index (χ1) is 18.0. The summed E-state index contributed by atoms with van der Waals surface area (Å²) in [5.74, 6) is -2.83. The number of thioether (sulfide) groups is 1. The number of phenols is 1. The maximum atomic E-state index is 13.2. The Kier molecular flexibility index (Phi) is 15.0. The number of nitrogens with zero attached hydrogens (tertiary/aromatic N) is 1. The van der Waals surface area contributed by atoms with Crippen LogP contribution in [0.4, 0.5) is 0 Å². The Morgan fingerprint density at radius 3 is 2.11 bits per heavy atom. The molecule has 4 atom stereocenters. The van der Waals surface area contributed by atoms with E-state index in [0.29, 0.717) is 17.7 Å². The molecule has 1 aromatic rings. The molecule has 1 aromatic carbocycles. The number of nitrogens with two attached hydrogens (primary N) is 3. The van der Waals surface area contributed by atoms with E-state index in [1.807, 2.05) is 6.26 Å². The number of aromatic hydroxyl groups is 1. The van der Waals surface area contributed by atoms with Crippen molar-refractivity contribution >= 4 is 54.0 Å². The molecule has 3 amide bonds. The van der Waals surface area contributed by atoms with Gasteiger partial charge in [-0.2, -0.15) is 24.4 Å². The molecule has 0 spiro atoms. The van der Waals surface area contributed by atoms with Gasteiger partial charge in [0.15, 0.2) is 5.96 Å². The van der Waals surface area contributed by atoms with E-state index in [9.17, 15) is 29.4 Å². The zero-order chi connectivity index (χ0) is 28.7. The van der Waals surface area contributed by atoms with Crippen molar-refractivity contribution in [1.82, 2.24) is 16.0 Å². The highest BCUT2D eigenvalue weighted by molar-refractivity contribution is 7.98. The van der Waals surface area contributed by atoms with Gasteiger partial charge in [-0.3, -0.25) is 19.4 Å². The Bertz CT molecular complexity index is 960. The molecule has 0 bridgehead atoms. The fraction of sp³-hybridized carbons (Fsp3) is 0.522. The summed E-state index contributed by atoms with van der Waals surface area (Å²) in [5.41, 5.74) is 17.2. The minimum Gasteiger partial charge on any atom is -0.508 e. The molecule has 1 rings (SSSR count). The van der Waals surface area contributed by atoms with Crippen molar-refractivity contribution < 1.29 is 29.4 Å². The summed E-state index contributed by atoms with van der Waals surface area (Å²) in [6, 6.07) is 1.69. The number of thiol groups is 1. The van der Waals surface area contributed by atoms with Crippen LogP contribution in [-0.2, 0) is 25.6 Å². The van der Waals surface area contributed by atoms with E-state index in [-0.39, 0.29) is 43.3 Å². The van der Waals surface area contributed by atoms with Gasteiger partial charge in [-0.1, -0.05) is 12.1 Å². The first-order valence-electron chi connectivity index (χ1n) is 11.8. The molecule has 13 nitrogen and oxygen atoms in total. The van der Waals surface area contributed by atoms with Gasteiger partial charge >= 0.3 is 5.97 Å². The van der Waals surface area contributed by atoms with E-state index < -0.39 is 47.9 Å². The fourth-order valence-electron chi connectivity index (χ4n) is 3.24. The number of guanidine groups is 1. The second-order valence-corrected chi connectivity index (χ2v) is 9.76. The minimum absolute atomic E-state index is 0.0304. The van der Waals surface area contributed by atoms with E-state index in [1.54, 1.807) is 12.1 Å². The Labute approximate surface area is 231 Å². The number of aliphatic imine (C=N–C) groups is 1. The number of carbonyl (C=O) groups excluding carboxylic acids is 3. The van der Waals surface area contributed by atoms with E-state index in [0.717, 1.165) is 0 Å². The maximum Gasteiger partial charge on any atom is 0.326 e. The number of carboxylic acid groups (broad SMARTS) is 1. The number of benzene rings is 1. The molecule has 212 valence electrons. The third-order valence-electron chi connectivity index (χ3n) is 5.35. The van der Waals surface area contributed by atoms with Gasteiger partial charge in [0.05, 0.1) is 6.04 Å². The van der Waals surface area contributed by atoms with Gasteiger partial charge < -0.3 is 43.4 Å². The number of nitrogens with one attached hydrogen (secondary N) is 3. The predicted octanol–water partition coefficient (Wildman–Crippen LogP) is -1.46. The predicted molar refractivity (Wildman–Crippen MR) is 150 cm³/mol. The van der Waals surface area contributed by atoms with Crippen molar-refractivity contribution in [3.05, 3.63) is 29.8 Å². The molecule has 15 heteroatoms. The molecule has 0 heterocycles. The van der Waals surface area contributed by atoms with E-state index >= 15 is 0 Å². The van der Waals surface area contributed by atoms with Crippen molar-refractivity contribution in [2.75, 3.05) is 24.3 Å². The van der Waals surface area contributed by atoms with Gasteiger partial charge in [0.1, 0.15) is 23.9 Å². The van der Waals surface area contributed by atoms with Crippen molar-refractivity contribution in [3.63, 3.8) is 0 Å². The first kappa shape index (κ1) is 32.9. The lowest BCUT2D eigenvalue weighted by Gasteiger charge is -2.24. The standard InChI is InChI=1S/C23H37N7O6S2/c1-38-10-8-16(22(35)36)28-21(34)18(12-37)30-20(33)17(11-13-4-6-14(31)7-5-13)29-19(32)15(24)3-2-9-27-23(25)26/h4-7,15-18,31,37H,2-3,8-12,24H2,1H3,(H,28,34)(H,29,32)(H,30,33)(H,35,36)(H4,25,26,27). The minimum atomic E-state index is -1.19. The van der Waals surface area contributed by atoms with Crippen LogP contribution >= 0.6 is 24.4 Å². The topological polar surface area (TPSA) is 235 Å². The van der Waals surface area contributed by atoms with Crippen LogP contribution in [0.5, 0.6) is 5.75 Å². The number of hydrogen-bond donors (Lipinski definition) is 9. The SMILES string of the molecule is CSCCC(NC(=O)C(CS)NC(=O)C(Cc1ccc(O)cc1)NC(=O)C(N)CCCN=C(N)N)C(=O)O. The number of carbonyl (C=O) groups is 4. The number of amides is 3. The normalized spacial score (nSPS) is 13.9. The highest BCUT2D eigenvalue weighted by atomic mass is 32.2. The summed E-state index contributed by atoms with van der Waals surface area (Å²) in [6.07, 6.45) is 2.74. The lowest BCUT2D eigenvalue weighted by atomic mass is 10.0. The second-order valence-electron chi connectivity index (χ2n) is 8.41. The average Bonchev–Trinajstić information content (AvgIpc) is 2.87. The summed E-state index contributed by atoms with van der Waals surface area (Å²) >= 11 is 5.56. The smallest absolute Gasteiger partial charge is 0.326 e. The van der Waals surface area contributed by atoms with Crippen molar-refractivity contribution in [1.29, 1.82) is 0 Å². The van der Waals surface area contributed by atoms with Crippen LogP contribution in [0.25, 0.3) is 0 Å². The molecule has 38 heavy (non-hydrogen) atoms. The summed E-state index contributed by atoms with van der Waals surface area (Å²) in [7, 11) is 0. The zero-order valence-electron chi connectivity index (χ0n) is 21.1. The molecule has 0 aromatic heterocycles. The van der Waals surface area contributed by atoms with Crippen LogP contribution < -0.4 is 33.2 Å². The number of rotatable bonds is 17. The second kappa shape index (κ2) is 17.4. The molecule has 0 aliphatic carbocycles. The van der Waals surface area contributed by atoms with Gasteiger partial charge in [-0.25, -0.2) is 4.79 Å². The van der Waals surface area contributed by atoms with E-state index in [4.69, 9.17) is 17.2 Å². The third kappa shape index (κ3) is 12.4. The number of phenolic OH excluding ortho intramolecular Hbond substituents is 1. The van der Waals surface area contributed by atoms with Crippen LogP contribution in [-0.4, -0.2) is 88.3 Å². The lowest BCUT2D eigenvalue weighted by Crippen LogP contribution is -2.58. The van der Waals surface area contributed by atoms with Gasteiger partial charge in [-0.05, 0) is 49.0 Å². The Morgan fingerprint density at radius 2 is 1.55 bits per heavy atom. The zero-order valence-corrected chi connectivity index (χ0v) is 22.8. The highest BCUT2D eigenvalue weighted by Crippen LogP contribution is 2.12. The van der Waals surface area contributed by atoms with Crippen molar-refractivity contribution in [2.45, 2.75) is 49.9 Å². The van der Waals surface area contributed by atoms with Crippen LogP contribution in [0.2, 0.25) is 0 Å². The molecule has 4 unspecified atom stereocenters. The first-order valence-corrected chi connectivity index (χ1v) is 13.8. The quantitative estimate of drug-likeness (QED) is 0.0456. The Balaban J connectivity index is 2.96. The molecule has 0 aliphatic rings. The summed E-state index contributed by atoms with van der Waals surface area (Å²) in [6.45, 7) is 0.285. The molecule has 0 saturated carbocycles. The van der Waals surface area contributed by atoms with Crippen molar-refractivity contribution in [3.8, 4) is 5.75 Å². The fourth-order valence-corrected chi connectivity index (χ4v) is 3.97. The maximum absolute atomic E-state index is 13.2. The monoisotopic (exact) mass is 571 g/mol. The number of aliphatic carboxylic acids is 1. The van der Waals surface area contributed by atoms with Crippen LogP contribution in [0, 0.1) is 0 Å². The van der Waals surface area contributed by atoms with Gasteiger partial charge in [0.2, 0.25) is 17.7 Å². The molecule has 0 fully saturated rings. The Hall–Kier alpha value is -3.17. The molecule has 0 aliphatic heterocycles. The molecule has 0 radical (unpaired) electrons. The molecule has 0 saturated heterocycles. The van der Waals surface area contributed by atoms with Crippen LogP contribution in [0.15, 0.2) is 29.3 Å². The van der Waals surface area contributed by atoms with Gasteiger partial charge in [-0.15, -0.1) is 0 Å². The lowest BCUT2D eigenvalue weighted by molar-refractivity contribution is -0.142. The highest BCUT2D eigenvalue weighted by Gasteiger charge is 2.29. The molecular weight excluding hydrogens is 534 g/mol. The van der Waals surface area contributed by atoms with Gasteiger partial charge in [0, 0.05) is 18.7 Å². The average molecular weight is 572 g/mol. The largest absolute Gasteiger partial charge is 0.508 e.